The van der Waals surface area contributed by atoms with E-state index < -0.39 is 12.1 Å². The van der Waals surface area contributed by atoms with Gasteiger partial charge in [0.05, 0.1) is 0 Å². The van der Waals surface area contributed by atoms with Crippen LogP contribution in [-0.2, 0) is 19.2 Å². The van der Waals surface area contributed by atoms with Crippen molar-refractivity contribution in [1.29, 1.82) is 0 Å². The first-order chi connectivity index (χ1) is 7.61. The van der Waals surface area contributed by atoms with Gasteiger partial charge in [-0.3, -0.25) is 29.0 Å². The molecule has 4 amide bonds. The number of hydrogen-bond acceptors (Lipinski definition) is 4. The number of carbonyl (C=O) groups is 4. The monoisotopic (exact) mass is 222 g/mol. The molecule has 0 aliphatic carbocycles. The molecule has 0 radical (unpaired) electrons. The molecule has 3 aliphatic heterocycles. The Hall–Kier alpha value is -1.72. The summed E-state index contributed by atoms with van der Waals surface area (Å²) in [6.07, 6.45) is 1.13. The highest BCUT2D eigenvalue weighted by molar-refractivity contribution is 6.14. The Morgan fingerprint density at radius 3 is 1.50 bits per heavy atom. The number of hydrogen-bond donors (Lipinski definition) is 0. The molecule has 0 N–H and O–H groups in total. The first-order valence-corrected chi connectivity index (χ1v) is 5.33. The highest BCUT2D eigenvalue weighted by atomic mass is 16.2. The zero-order valence-corrected chi connectivity index (χ0v) is 8.51. The molecule has 0 bridgehead atoms. The number of piperazine rings is 1. The summed E-state index contributed by atoms with van der Waals surface area (Å²) in [4.78, 5) is 49.0. The predicted molar refractivity (Wildman–Crippen MR) is 49.8 cm³/mol. The number of amides is 4. The second kappa shape index (κ2) is 2.90. The highest BCUT2D eigenvalue weighted by Crippen LogP contribution is 2.33. The van der Waals surface area contributed by atoms with E-state index in [-0.39, 0.29) is 36.5 Å². The lowest BCUT2D eigenvalue weighted by Crippen LogP contribution is -2.62. The standard InChI is InChI=1S/C10H10N2O4/c13-7-3-1-5-9(15)12-6(2-4-8(12)14)10(16)11(5)7/h5-6H,1-4H2/t5-,6-/m1/s1. The van der Waals surface area contributed by atoms with E-state index in [0.29, 0.717) is 12.8 Å². The van der Waals surface area contributed by atoms with Crippen LogP contribution in [-0.4, -0.2) is 45.5 Å². The van der Waals surface area contributed by atoms with Crippen LogP contribution >= 0.6 is 0 Å². The molecule has 3 heterocycles. The van der Waals surface area contributed by atoms with Crippen molar-refractivity contribution in [2.45, 2.75) is 37.8 Å². The molecular formula is C10H10N2O4. The summed E-state index contributed by atoms with van der Waals surface area (Å²) in [5.41, 5.74) is 0. The molecule has 3 rings (SSSR count). The molecule has 3 saturated heterocycles. The van der Waals surface area contributed by atoms with Crippen LogP contribution in [0.4, 0.5) is 0 Å². The number of nitrogens with zero attached hydrogens (tertiary/aromatic N) is 2. The van der Waals surface area contributed by atoms with Gasteiger partial charge in [-0.15, -0.1) is 0 Å². The van der Waals surface area contributed by atoms with Gasteiger partial charge in [-0.1, -0.05) is 0 Å². The molecule has 3 fully saturated rings. The zero-order chi connectivity index (χ0) is 11.4. The summed E-state index contributed by atoms with van der Waals surface area (Å²) in [5, 5.41) is 0. The summed E-state index contributed by atoms with van der Waals surface area (Å²) in [7, 11) is 0. The summed E-state index contributed by atoms with van der Waals surface area (Å²) < 4.78 is 0. The molecule has 0 unspecified atom stereocenters. The summed E-state index contributed by atoms with van der Waals surface area (Å²) in [6.45, 7) is 0. The quantitative estimate of drug-likeness (QED) is 0.494. The van der Waals surface area contributed by atoms with E-state index in [1.807, 2.05) is 0 Å². The smallest absolute Gasteiger partial charge is 0.253 e. The highest BCUT2D eigenvalue weighted by Gasteiger charge is 2.55. The van der Waals surface area contributed by atoms with Crippen molar-refractivity contribution < 1.29 is 19.2 Å². The van der Waals surface area contributed by atoms with E-state index in [9.17, 15) is 19.2 Å². The van der Waals surface area contributed by atoms with Crippen molar-refractivity contribution in [2.24, 2.45) is 0 Å². The second-order valence-corrected chi connectivity index (χ2v) is 4.31. The minimum atomic E-state index is -0.724. The summed E-state index contributed by atoms with van der Waals surface area (Å²) >= 11 is 0. The Bertz CT molecular complexity index is 391. The Balaban J connectivity index is 2.03. The fraction of sp³-hybridized carbons (Fsp3) is 0.600. The van der Waals surface area contributed by atoms with Crippen molar-refractivity contribution in [3.05, 3.63) is 0 Å². The van der Waals surface area contributed by atoms with Gasteiger partial charge in [-0.25, -0.2) is 0 Å². The van der Waals surface area contributed by atoms with Crippen molar-refractivity contribution in [2.75, 3.05) is 0 Å². The fourth-order valence-electron chi connectivity index (χ4n) is 2.71. The van der Waals surface area contributed by atoms with Crippen LogP contribution in [0.25, 0.3) is 0 Å². The third-order valence-electron chi connectivity index (χ3n) is 3.47. The normalized spacial score (nSPS) is 33.5. The van der Waals surface area contributed by atoms with Gasteiger partial charge in [0.15, 0.2) is 0 Å². The second-order valence-electron chi connectivity index (χ2n) is 4.31. The molecule has 0 aromatic rings. The maximum Gasteiger partial charge on any atom is 0.253 e. The van der Waals surface area contributed by atoms with Crippen molar-refractivity contribution in [1.82, 2.24) is 9.80 Å². The molecule has 0 aromatic carbocycles. The van der Waals surface area contributed by atoms with Gasteiger partial charge < -0.3 is 0 Å². The average Bonchev–Trinajstić information content (AvgIpc) is 2.80. The SMILES string of the molecule is O=C1CC[C@@H]2C(=O)N3C(=O)CC[C@@H]3C(=O)N12. The number of imide groups is 2. The lowest BCUT2D eigenvalue weighted by Gasteiger charge is -2.36. The van der Waals surface area contributed by atoms with Crippen molar-refractivity contribution in [3.63, 3.8) is 0 Å². The lowest BCUT2D eigenvalue weighted by atomic mass is 10.1. The van der Waals surface area contributed by atoms with Gasteiger partial charge in [-0.05, 0) is 12.8 Å². The predicted octanol–water partition coefficient (Wildman–Crippen LogP) is -0.965. The first-order valence-electron chi connectivity index (χ1n) is 5.33. The van der Waals surface area contributed by atoms with Gasteiger partial charge in [0.2, 0.25) is 11.8 Å². The molecule has 3 aliphatic rings. The van der Waals surface area contributed by atoms with E-state index in [0.717, 1.165) is 9.80 Å². The molecule has 0 spiro atoms. The summed E-state index contributed by atoms with van der Waals surface area (Å²) in [5.74, 6) is -1.33. The molecule has 6 nitrogen and oxygen atoms in total. The van der Waals surface area contributed by atoms with Crippen LogP contribution in [0.5, 0.6) is 0 Å². The van der Waals surface area contributed by atoms with E-state index in [1.54, 1.807) is 0 Å². The van der Waals surface area contributed by atoms with Crippen LogP contribution in [0.3, 0.4) is 0 Å². The Kier molecular flexibility index (Phi) is 1.72. The Morgan fingerprint density at radius 2 is 1.12 bits per heavy atom. The van der Waals surface area contributed by atoms with Gasteiger partial charge in [0, 0.05) is 12.8 Å². The van der Waals surface area contributed by atoms with Gasteiger partial charge in [0.1, 0.15) is 12.1 Å². The number of fused-ring (bicyclic) bond motifs is 2. The van der Waals surface area contributed by atoms with Crippen LogP contribution in [0, 0.1) is 0 Å². The minimum Gasteiger partial charge on any atom is -0.274 e. The van der Waals surface area contributed by atoms with Crippen molar-refractivity contribution in [3.8, 4) is 0 Å². The topological polar surface area (TPSA) is 74.8 Å². The maximum absolute atomic E-state index is 11.9. The van der Waals surface area contributed by atoms with Crippen molar-refractivity contribution >= 4 is 23.6 Å². The molecule has 16 heavy (non-hydrogen) atoms. The van der Waals surface area contributed by atoms with Crippen LogP contribution in [0.1, 0.15) is 25.7 Å². The largest absolute Gasteiger partial charge is 0.274 e. The Labute approximate surface area is 91.2 Å². The van der Waals surface area contributed by atoms with E-state index in [4.69, 9.17) is 0 Å². The van der Waals surface area contributed by atoms with Crippen LogP contribution in [0.2, 0.25) is 0 Å². The van der Waals surface area contributed by atoms with Gasteiger partial charge in [0.25, 0.3) is 11.8 Å². The van der Waals surface area contributed by atoms with Gasteiger partial charge >= 0.3 is 0 Å². The number of rotatable bonds is 0. The Morgan fingerprint density at radius 1 is 0.750 bits per heavy atom. The third kappa shape index (κ3) is 0.963. The first kappa shape index (κ1) is 9.50. The zero-order valence-electron chi connectivity index (χ0n) is 8.51. The molecule has 84 valence electrons. The molecule has 6 heteroatoms. The average molecular weight is 222 g/mol. The van der Waals surface area contributed by atoms with Crippen LogP contribution in [0.15, 0.2) is 0 Å². The molecule has 2 atom stereocenters. The lowest BCUT2D eigenvalue weighted by molar-refractivity contribution is -0.165. The van der Waals surface area contributed by atoms with E-state index >= 15 is 0 Å². The maximum atomic E-state index is 11.9. The van der Waals surface area contributed by atoms with E-state index in [2.05, 4.69) is 0 Å². The molecule has 0 aromatic heterocycles. The van der Waals surface area contributed by atoms with Crippen LogP contribution < -0.4 is 0 Å². The number of carbonyl (C=O) groups excluding carboxylic acids is 4. The molecule has 0 saturated carbocycles. The third-order valence-corrected chi connectivity index (χ3v) is 3.47. The fourth-order valence-corrected chi connectivity index (χ4v) is 2.71. The summed E-state index contributed by atoms with van der Waals surface area (Å²) in [6, 6.07) is -1.45. The molecular weight excluding hydrogens is 212 g/mol. The van der Waals surface area contributed by atoms with E-state index in [1.165, 1.54) is 0 Å². The minimum absolute atomic E-state index is 0.219. The van der Waals surface area contributed by atoms with Gasteiger partial charge in [-0.2, -0.15) is 0 Å².